The molecule has 1 N–H and O–H groups in total. The van der Waals surface area contributed by atoms with Crippen LogP contribution in [0.3, 0.4) is 0 Å². The molecule has 0 radical (unpaired) electrons. The molecule has 1 saturated heterocycles. The molecular formula is C11H15F3N2OS. The Morgan fingerprint density at radius 3 is 2.50 bits per heavy atom. The van der Waals surface area contributed by atoms with Gasteiger partial charge in [0, 0.05) is 19.3 Å². The fraction of sp³-hybridized carbons (Fsp3) is 0.727. The van der Waals surface area contributed by atoms with Crippen molar-refractivity contribution in [2.75, 3.05) is 19.6 Å². The highest BCUT2D eigenvalue weighted by atomic mass is 32.1. The zero-order chi connectivity index (χ0) is 13.4. The van der Waals surface area contributed by atoms with Crippen LogP contribution in [0.25, 0.3) is 0 Å². The fourth-order valence-electron chi connectivity index (χ4n) is 2.11. The molecule has 1 aromatic rings. The third kappa shape index (κ3) is 2.67. The van der Waals surface area contributed by atoms with Gasteiger partial charge < -0.3 is 10.0 Å². The SMILES string of the molecule is CCN1CCC(O)(c2cnc(C(F)(F)F)s2)CC1. The van der Waals surface area contributed by atoms with E-state index in [0.717, 1.165) is 12.7 Å². The van der Waals surface area contributed by atoms with Gasteiger partial charge in [0.15, 0.2) is 5.01 Å². The molecule has 0 aromatic carbocycles. The Morgan fingerprint density at radius 1 is 1.44 bits per heavy atom. The average Bonchev–Trinajstić information content (AvgIpc) is 2.79. The Hall–Kier alpha value is -0.660. The van der Waals surface area contributed by atoms with Gasteiger partial charge in [0.05, 0.1) is 4.88 Å². The average molecular weight is 280 g/mol. The van der Waals surface area contributed by atoms with Crippen molar-refractivity contribution in [3.8, 4) is 0 Å². The van der Waals surface area contributed by atoms with Crippen molar-refractivity contribution in [3.05, 3.63) is 16.1 Å². The van der Waals surface area contributed by atoms with Crippen LogP contribution in [0.1, 0.15) is 29.7 Å². The van der Waals surface area contributed by atoms with Crippen molar-refractivity contribution in [2.24, 2.45) is 0 Å². The monoisotopic (exact) mass is 280 g/mol. The van der Waals surface area contributed by atoms with Crippen molar-refractivity contribution in [3.63, 3.8) is 0 Å². The summed E-state index contributed by atoms with van der Waals surface area (Å²) in [5.41, 5.74) is -1.15. The van der Waals surface area contributed by atoms with E-state index < -0.39 is 16.8 Å². The normalized spacial score (nSPS) is 21.2. The minimum Gasteiger partial charge on any atom is -0.384 e. The van der Waals surface area contributed by atoms with Crippen molar-refractivity contribution in [1.29, 1.82) is 0 Å². The van der Waals surface area contributed by atoms with Gasteiger partial charge in [-0.15, -0.1) is 11.3 Å². The van der Waals surface area contributed by atoms with E-state index in [2.05, 4.69) is 9.88 Å². The molecule has 102 valence electrons. The minimum absolute atomic E-state index is 0.325. The van der Waals surface area contributed by atoms with Crippen molar-refractivity contribution in [2.45, 2.75) is 31.5 Å². The number of aliphatic hydroxyl groups is 1. The Labute approximate surface area is 107 Å². The number of nitrogens with zero attached hydrogens (tertiary/aromatic N) is 2. The van der Waals surface area contributed by atoms with E-state index >= 15 is 0 Å². The molecule has 7 heteroatoms. The third-order valence-electron chi connectivity index (χ3n) is 3.34. The maximum atomic E-state index is 12.5. The maximum absolute atomic E-state index is 12.5. The number of rotatable bonds is 2. The zero-order valence-corrected chi connectivity index (χ0v) is 10.8. The van der Waals surface area contributed by atoms with Crippen LogP contribution in [-0.4, -0.2) is 34.6 Å². The van der Waals surface area contributed by atoms with Gasteiger partial charge in [-0.25, -0.2) is 4.98 Å². The molecule has 1 aromatic heterocycles. The first kappa shape index (κ1) is 13.8. The summed E-state index contributed by atoms with van der Waals surface area (Å²) in [5.74, 6) is 0. The summed E-state index contributed by atoms with van der Waals surface area (Å²) in [6.07, 6.45) is -2.35. The smallest absolute Gasteiger partial charge is 0.384 e. The number of piperidine rings is 1. The Kier molecular flexibility index (Phi) is 3.66. The van der Waals surface area contributed by atoms with E-state index in [1.807, 2.05) is 6.92 Å². The predicted molar refractivity (Wildman–Crippen MR) is 62.4 cm³/mol. The first-order valence-electron chi connectivity index (χ1n) is 5.83. The maximum Gasteiger partial charge on any atom is 0.443 e. The van der Waals surface area contributed by atoms with Crippen molar-refractivity contribution >= 4 is 11.3 Å². The third-order valence-corrected chi connectivity index (χ3v) is 4.57. The van der Waals surface area contributed by atoms with Crippen LogP contribution in [0, 0.1) is 0 Å². The molecule has 2 heterocycles. The number of thiazole rings is 1. The van der Waals surface area contributed by atoms with Gasteiger partial charge >= 0.3 is 6.18 Å². The molecule has 1 aliphatic rings. The Balaban J connectivity index is 2.14. The number of halogens is 3. The quantitative estimate of drug-likeness (QED) is 0.904. The number of likely N-dealkylation sites (tertiary alicyclic amines) is 1. The molecule has 0 atom stereocenters. The summed E-state index contributed by atoms with van der Waals surface area (Å²) in [6.45, 7) is 4.32. The standard InChI is InChI=1S/C11H15F3N2OS/c1-2-16-5-3-10(17,4-6-16)8-7-15-9(18-8)11(12,13)14/h7,17H,2-6H2,1H3. The van der Waals surface area contributed by atoms with E-state index in [9.17, 15) is 18.3 Å². The summed E-state index contributed by atoms with van der Waals surface area (Å²) in [6, 6.07) is 0. The van der Waals surface area contributed by atoms with Crippen LogP contribution in [-0.2, 0) is 11.8 Å². The second-order valence-electron chi connectivity index (χ2n) is 4.49. The van der Waals surface area contributed by atoms with Crippen LogP contribution in [0.4, 0.5) is 13.2 Å². The van der Waals surface area contributed by atoms with Gasteiger partial charge in [0.25, 0.3) is 0 Å². The highest BCUT2D eigenvalue weighted by Gasteiger charge is 2.40. The number of alkyl halides is 3. The summed E-state index contributed by atoms with van der Waals surface area (Å²) in [4.78, 5) is 5.86. The summed E-state index contributed by atoms with van der Waals surface area (Å²) >= 11 is 0.549. The summed E-state index contributed by atoms with van der Waals surface area (Å²) in [7, 11) is 0. The largest absolute Gasteiger partial charge is 0.443 e. The van der Waals surface area contributed by atoms with E-state index in [4.69, 9.17) is 0 Å². The number of hydrogen-bond donors (Lipinski definition) is 1. The van der Waals surface area contributed by atoms with Crippen molar-refractivity contribution in [1.82, 2.24) is 9.88 Å². The number of hydrogen-bond acceptors (Lipinski definition) is 4. The molecule has 1 fully saturated rings. The fourth-order valence-corrected chi connectivity index (χ4v) is 3.03. The second-order valence-corrected chi connectivity index (χ2v) is 5.52. The minimum atomic E-state index is -4.43. The van der Waals surface area contributed by atoms with Crippen LogP contribution >= 0.6 is 11.3 Å². The second kappa shape index (κ2) is 4.79. The van der Waals surface area contributed by atoms with E-state index in [0.29, 0.717) is 42.1 Å². The van der Waals surface area contributed by atoms with Gasteiger partial charge in [0.1, 0.15) is 5.60 Å². The molecule has 0 unspecified atom stereocenters. The van der Waals surface area contributed by atoms with Gasteiger partial charge in [0.2, 0.25) is 0 Å². The predicted octanol–water partition coefficient (Wildman–Crippen LogP) is 2.47. The van der Waals surface area contributed by atoms with E-state index in [1.54, 1.807) is 0 Å². The first-order chi connectivity index (χ1) is 8.35. The molecule has 0 aliphatic carbocycles. The molecule has 1 aliphatic heterocycles. The summed E-state index contributed by atoms with van der Waals surface area (Å²) in [5, 5.41) is 9.53. The molecule has 18 heavy (non-hydrogen) atoms. The van der Waals surface area contributed by atoms with E-state index in [-0.39, 0.29) is 0 Å². The topological polar surface area (TPSA) is 36.4 Å². The molecule has 3 nitrogen and oxygen atoms in total. The molecule has 0 bridgehead atoms. The van der Waals surface area contributed by atoms with Crippen LogP contribution in [0.5, 0.6) is 0 Å². The van der Waals surface area contributed by atoms with Gasteiger partial charge in [-0.2, -0.15) is 13.2 Å². The van der Waals surface area contributed by atoms with Crippen LogP contribution in [0.2, 0.25) is 0 Å². The lowest BCUT2D eigenvalue weighted by Gasteiger charge is -2.36. The number of aromatic nitrogens is 1. The van der Waals surface area contributed by atoms with Gasteiger partial charge in [-0.05, 0) is 19.4 Å². The highest BCUT2D eigenvalue weighted by Crippen LogP contribution is 2.40. The molecule has 0 amide bonds. The Bertz CT molecular complexity index is 411. The van der Waals surface area contributed by atoms with Gasteiger partial charge in [-0.1, -0.05) is 6.92 Å². The molecule has 0 spiro atoms. The van der Waals surface area contributed by atoms with Gasteiger partial charge in [-0.3, -0.25) is 0 Å². The lowest BCUT2D eigenvalue weighted by atomic mass is 9.90. The lowest BCUT2D eigenvalue weighted by molar-refractivity contribution is -0.137. The van der Waals surface area contributed by atoms with E-state index in [1.165, 1.54) is 0 Å². The highest BCUT2D eigenvalue weighted by molar-refractivity contribution is 7.11. The Morgan fingerprint density at radius 2 is 2.06 bits per heavy atom. The molecular weight excluding hydrogens is 265 g/mol. The zero-order valence-electron chi connectivity index (χ0n) is 10.00. The van der Waals surface area contributed by atoms with Crippen molar-refractivity contribution < 1.29 is 18.3 Å². The molecule has 2 rings (SSSR count). The summed E-state index contributed by atoms with van der Waals surface area (Å²) < 4.78 is 37.4. The lowest BCUT2D eigenvalue weighted by Crippen LogP contribution is -2.41. The molecule has 0 saturated carbocycles. The van der Waals surface area contributed by atoms with Crippen LogP contribution < -0.4 is 0 Å². The van der Waals surface area contributed by atoms with Crippen LogP contribution in [0.15, 0.2) is 6.20 Å². The first-order valence-corrected chi connectivity index (χ1v) is 6.65.